The van der Waals surface area contributed by atoms with Gasteiger partial charge in [-0.15, -0.1) is 0 Å². The molecule has 1 heterocycles. The molecule has 1 amide bonds. The quantitative estimate of drug-likeness (QED) is 0.541. The van der Waals surface area contributed by atoms with Crippen molar-refractivity contribution in [1.29, 1.82) is 0 Å². The predicted octanol–water partition coefficient (Wildman–Crippen LogP) is 4.89. The summed E-state index contributed by atoms with van der Waals surface area (Å²) < 4.78 is 12.4. The van der Waals surface area contributed by atoms with Gasteiger partial charge in [0.15, 0.2) is 16.7 Å². The zero-order valence-electron chi connectivity index (χ0n) is 16.2. The van der Waals surface area contributed by atoms with Crippen molar-refractivity contribution in [2.45, 2.75) is 10.1 Å². The Bertz CT molecular complexity index is 1050. The van der Waals surface area contributed by atoms with Gasteiger partial charge in [0.2, 0.25) is 5.91 Å². The topological polar surface area (TPSA) is 65.4 Å². The van der Waals surface area contributed by atoms with Crippen molar-refractivity contribution < 1.29 is 14.3 Å². The maximum atomic E-state index is 12.5. The highest BCUT2D eigenvalue weighted by molar-refractivity contribution is 7.99. The van der Waals surface area contributed by atoms with Gasteiger partial charge in [-0.3, -0.25) is 4.79 Å². The van der Waals surface area contributed by atoms with Crippen LogP contribution in [-0.2, 0) is 11.8 Å². The van der Waals surface area contributed by atoms with Gasteiger partial charge in [0.25, 0.3) is 0 Å². The molecule has 0 aliphatic heterocycles. The van der Waals surface area contributed by atoms with Gasteiger partial charge in [-0.2, -0.15) is 0 Å². The summed E-state index contributed by atoms with van der Waals surface area (Å²) in [5.74, 6) is 0.950. The Kier molecular flexibility index (Phi) is 6.85. The van der Waals surface area contributed by atoms with Crippen molar-refractivity contribution in [2.75, 3.05) is 19.5 Å². The summed E-state index contributed by atoms with van der Waals surface area (Å²) in [6.45, 7) is 0. The second-order valence-electron chi connectivity index (χ2n) is 6.00. The molecule has 1 aromatic heterocycles. The van der Waals surface area contributed by atoms with E-state index in [1.54, 1.807) is 50.8 Å². The van der Waals surface area contributed by atoms with Crippen molar-refractivity contribution in [3.63, 3.8) is 0 Å². The minimum absolute atomic E-state index is 0.274. The Morgan fingerprint density at radius 2 is 1.97 bits per heavy atom. The zero-order chi connectivity index (χ0) is 20.8. The number of halogens is 1. The average molecular weight is 430 g/mol. The van der Waals surface area contributed by atoms with E-state index in [-0.39, 0.29) is 5.91 Å². The first-order valence-corrected chi connectivity index (χ1v) is 9.85. The first-order valence-electron chi connectivity index (χ1n) is 8.66. The van der Waals surface area contributed by atoms with Gasteiger partial charge in [0, 0.05) is 35.4 Å². The van der Waals surface area contributed by atoms with E-state index in [1.807, 2.05) is 29.9 Å². The molecule has 0 bridgehead atoms. The second kappa shape index (κ2) is 9.54. The first-order chi connectivity index (χ1) is 14.0. The first kappa shape index (κ1) is 20.8. The minimum atomic E-state index is -0.274. The summed E-state index contributed by atoms with van der Waals surface area (Å²) in [6, 6.07) is 10.8. The molecule has 0 radical (unpaired) electrons. The lowest BCUT2D eigenvalue weighted by molar-refractivity contribution is -0.111. The lowest BCUT2D eigenvalue weighted by Gasteiger charge is -2.10. The Morgan fingerprint density at radius 1 is 1.17 bits per heavy atom. The molecule has 0 fully saturated rings. The number of carbonyl (C=O) groups excluding carboxylic acids is 1. The maximum Gasteiger partial charge on any atom is 0.248 e. The van der Waals surface area contributed by atoms with Crippen LogP contribution in [0, 0.1) is 0 Å². The number of methoxy groups -OCH3 is 2. The third-order valence-electron chi connectivity index (χ3n) is 4.01. The van der Waals surface area contributed by atoms with Crippen molar-refractivity contribution >= 4 is 41.0 Å². The number of benzene rings is 2. The van der Waals surface area contributed by atoms with E-state index >= 15 is 0 Å². The molecule has 2 aromatic carbocycles. The molecule has 6 nitrogen and oxygen atoms in total. The van der Waals surface area contributed by atoms with Gasteiger partial charge in [0.05, 0.1) is 19.9 Å². The summed E-state index contributed by atoms with van der Waals surface area (Å²) in [7, 11) is 5.06. The van der Waals surface area contributed by atoms with Crippen LogP contribution in [0.1, 0.15) is 5.56 Å². The summed E-state index contributed by atoms with van der Waals surface area (Å²) in [6.07, 6.45) is 6.75. The largest absolute Gasteiger partial charge is 0.493 e. The van der Waals surface area contributed by atoms with E-state index in [4.69, 9.17) is 21.1 Å². The van der Waals surface area contributed by atoms with Crippen molar-refractivity contribution in [3.05, 3.63) is 65.5 Å². The smallest absolute Gasteiger partial charge is 0.248 e. The number of nitrogens with one attached hydrogen (secondary N) is 1. The summed E-state index contributed by atoms with van der Waals surface area (Å²) in [4.78, 5) is 17.6. The number of aryl methyl sites for hydroxylation is 1. The molecule has 3 aromatic rings. The fourth-order valence-corrected chi connectivity index (χ4v) is 3.58. The normalized spacial score (nSPS) is 10.9. The van der Waals surface area contributed by atoms with Crippen LogP contribution in [0.15, 0.2) is 64.9 Å². The molecular formula is C21H20ClN3O3S. The highest BCUT2D eigenvalue weighted by atomic mass is 35.5. The molecule has 8 heteroatoms. The molecule has 1 N–H and O–H groups in total. The van der Waals surface area contributed by atoms with E-state index in [2.05, 4.69) is 10.3 Å². The van der Waals surface area contributed by atoms with Gasteiger partial charge in [0.1, 0.15) is 0 Å². The summed E-state index contributed by atoms with van der Waals surface area (Å²) in [5.41, 5.74) is 1.43. The van der Waals surface area contributed by atoms with Crippen molar-refractivity contribution in [3.8, 4) is 11.5 Å². The fraction of sp³-hybridized carbons (Fsp3) is 0.143. The Labute approximate surface area is 178 Å². The van der Waals surface area contributed by atoms with Crippen LogP contribution < -0.4 is 14.8 Å². The average Bonchev–Trinajstić information content (AvgIpc) is 3.12. The number of rotatable bonds is 7. The van der Waals surface area contributed by atoms with E-state index in [9.17, 15) is 4.79 Å². The standard InChI is InChI=1S/C21H20ClN3O3S/c1-25-11-10-23-21(25)29-19-8-6-15(22)13-16(19)24-20(26)9-5-14-4-7-17(27-2)18(12-14)28-3/h4-13H,1-3H3,(H,24,26)/b9-5+. The monoisotopic (exact) mass is 429 g/mol. The number of imidazole rings is 1. The molecule has 0 aliphatic rings. The summed E-state index contributed by atoms with van der Waals surface area (Å²) in [5, 5.41) is 4.23. The molecule has 0 saturated carbocycles. The van der Waals surface area contributed by atoms with Crippen LogP contribution >= 0.6 is 23.4 Å². The number of hydrogen-bond donors (Lipinski definition) is 1. The maximum absolute atomic E-state index is 12.5. The Balaban J connectivity index is 1.76. The number of ether oxygens (including phenoxy) is 2. The molecule has 0 spiro atoms. The highest BCUT2D eigenvalue weighted by Gasteiger charge is 2.10. The number of amides is 1. The van der Waals surface area contributed by atoms with Gasteiger partial charge in [-0.1, -0.05) is 17.7 Å². The van der Waals surface area contributed by atoms with E-state index in [0.717, 1.165) is 15.6 Å². The van der Waals surface area contributed by atoms with Crippen LogP contribution in [0.4, 0.5) is 5.69 Å². The van der Waals surface area contributed by atoms with Crippen LogP contribution in [0.25, 0.3) is 6.08 Å². The predicted molar refractivity (Wildman–Crippen MR) is 116 cm³/mol. The van der Waals surface area contributed by atoms with Gasteiger partial charge in [-0.05, 0) is 53.7 Å². The van der Waals surface area contributed by atoms with E-state index in [1.165, 1.54) is 17.8 Å². The molecule has 0 atom stereocenters. The zero-order valence-corrected chi connectivity index (χ0v) is 17.8. The molecular weight excluding hydrogens is 410 g/mol. The SMILES string of the molecule is COc1ccc(/C=C/C(=O)Nc2cc(Cl)ccc2Sc2nccn2C)cc1OC. The summed E-state index contributed by atoms with van der Waals surface area (Å²) >= 11 is 7.57. The van der Waals surface area contributed by atoms with Crippen LogP contribution in [0.2, 0.25) is 5.02 Å². The minimum Gasteiger partial charge on any atom is -0.493 e. The number of aromatic nitrogens is 2. The van der Waals surface area contributed by atoms with E-state index in [0.29, 0.717) is 22.2 Å². The lowest BCUT2D eigenvalue weighted by Crippen LogP contribution is -2.08. The third kappa shape index (κ3) is 5.34. The molecule has 150 valence electrons. The van der Waals surface area contributed by atoms with Crippen LogP contribution in [-0.4, -0.2) is 29.7 Å². The molecule has 0 unspecified atom stereocenters. The Morgan fingerprint density at radius 3 is 2.66 bits per heavy atom. The third-order valence-corrected chi connectivity index (χ3v) is 5.40. The van der Waals surface area contributed by atoms with Crippen molar-refractivity contribution in [1.82, 2.24) is 9.55 Å². The molecule has 0 aliphatic carbocycles. The number of carbonyl (C=O) groups is 1. The van der Waals surface area contributed by atoms with Crippen molar-refractivity contribution in [2.24, 2.45) is 7.05 Å². The Hall–Kier alpha value is -2.90. The highest BCUT2D eigenvalue weighted by Crippen LogP contribution is 2.34. The molecule has 29 heavy (non-hydrogen) atoms. The molecule has 3 rings (SSSR count). The molecule has 0 saturated heterocycles. The number of anilines is 1. The second-order valence-corrected chi connectivity index (χ2v) is 7.45. The fourth-order valence-electron chi connectivity index (χ4n) is 2.54. The van der Waals surface area contributed by atoms with Gasteiger partial charge in [-0.25, -0.2) is 4.98 Å². The van der Waals surface area contributed by atoms with Crippen LogP contribution in [0.3, 0.4) is 0 Å². The van der Waals surface area contributed by atoms with E-state index < -0.39 is 0 Å². The lowest BCUT2D eigenvalue weighted by atomic mass is 10.2. The van der Waals surface area contributed by atoms with Gasteiger partial charge >= 0.3 is 0 Å². The number of hydrogen-bond acceptors (Lipinski definition) is 5. The van der Waals surface area contributed by atoms with Crippen LogP contribution in [0.5, 0.6) is 11.5 Å². The number of nitrogens with zero attached hydrogens (tertiary/aromatic N) is 2. The van der Waals surface area contributed by atoms with Gasteiger partial charge < -0.3 is 19.4 Å².